The van der Waals surface area contributed by atoms with Gasteiger partial charge in [-0.05, 0) is 55.0 Å². The SMILES string of the molecule is COc1ccc(-c2nc3nc(C)ccn3c2-c2ccc(SC)cc2)cc1C(C)(C)C. The van der Waals surface area contributed by atoms with E-state index in [-0.39, 0.29) is 5.41 Å². The molecule has 0 aliphatic heterocycles. The van der Waals surface area contributed by atoms with E-state index in [1.54, 1.807) is 18.9 Å². The molecule has 0 saturated heterocycles. The predicted molar refractivity (Wildman–Crippen MR) is 126 cm³/mol. The molecule has 0 radical (unpaired) electrons. The maximum absolute atomic E-state index is 5.64. The zero-order valence-corrected chi connectivity index (χ0v) is 19.2. The molecule has 0 spiro atoms. The van der Waals surface area contributed by atoms with Gasteiger partial charge in [0.25, 0.3) is 0 Å². The highest BCUT2D eigenvalue weighted by Crippen LogP contribution is 2.38. The van der Waals surface area contributed by atoms with Crippen molar-refractivity contribution >= 4 is 17.5 Å². The Balaban J connectivity index is 1.99. The van der Waals surface area contributed by atoms with E-state index in [1.165, 1.54) is 4.90 Å². The van der Waals surface area contributed by atoms with Gasteiger partial charge in [-0.15, -0.1) is 11.8 Å². The van der Waals surface area contributed by atoms with E-state index in [1.807, 2.05) is 19.1 Å². The van der Waals surface area contributed by atoms with E-state index in [0.717, 1.165) is 39.5 Å². The third-order valence-corrected chi connectivity index (χ3v) is 6.02. The van der Waals surface area contributed by atoms with Crippen molar-refractivity contribution in [2.45, 2.75) is 38.0 Å². The van der Waals surface area contributed by atoms with Crippen molar-refractivity contribution in [3.63, 3.8) is 0 Å². The van der Waals surface area contributed by atoms with Crippen LogP contribution in [-0.4, -0.2) is 27.7 Å². The summed E-state index contributed by atoms with van der Waals surface area (Å²) in [7, 11) is 1.72. The van der Waals surface area contributed by atoms with Crippen molar-refractivity contribution in [2.75, 3.05) is 13.4 Å². The lowest BCUT2D eigenvalue weighted by Gasteiger charge is -2.23. The lowest BCUT2D eigenvalue weighted by molar-refractivity contribution is 0.397. The summed E-state index contributed by atoms with van der Waals surface area (Å²) in [6.45, 7) is 8.59. The van der Waals surface area contributed by atoms with E-state index < -0.39 is 0 Å². The molecule has 4 aromatic rings. The Morgan fingerprint density at radius 3 is 2.27 bits per heavy atom. The molecule has 2 heterocycles. The molecule has 4 rings (SSSR count). The highest BCUT2D eigenvalue weighted by atomic mass is 32.2. The number of nitrogens with zero attached hydrogens (tertiary/aromatic N) is 3. The molecule has 0 aliphatic carbocycles. The first-order valence-electron chi connectivity index (χ1n) is 10.0. The van der Waals surface area contributed by atoms with Crippen LogP contribution in [0.5, 0.6) is 5.75 Å². The number of aromatic nitrogens is 3. The number of hydrogen-bond acceptors (Lipinski definition) is 4. The summed E-state index contributed by atoms with van der Waals surface area (Å²) in [5.74, 6) is 1.61. The number of aryl methyl sites for hydroxylation is 1. The standard InChI is InChI=1S/C25H27N3OS/c1-16-13-14-28-23(17-7-10-19(30-6)11-8-17)22(27-24(28)26-16)18-9-12-21(29-5)20(15-18)25(2,3)4/h7-15H,1-6H3. The first kappa shape index (κ1) is 20.5. The van der Waals surface area contributed by atoms with Crippen LogP contribution in [0.15, 0.2) is 59.6 Å². The molecule has 0 unspecified atom stereocenters. The Bertz CT molecular complexity index is 1200. The topological polar surface area (TPSA) is 39.4 Å². The molecule has 0 saturated carbocycles. The third kappa shape index (κ3) is 3.70. The first-order valence-corrected chi connectivity index (χ1v) is 11.2. The van der Waals surface area contributed by atoms with Crippen LogP contribution in [0, 0.1) is 6.92 Å². The normalized spacial score (nSPS) is 11.8. The van der Waals surface area contributed by atoms with Gasteiger partial charge in [-0.1, -0.05) is 32.9 Å². The molecule has 0 N–H and O–H groups in total. The lowest BCUT2D eigenvalue weighted by atomic mass is 9.85. The fraction of sp³-hybridized carbons (Fsp3) is 0.280. The van der Waals surface area contributed by atoms with Crippen molar-refractivity contribution in [2.24, 2.45) is 0 Å². The summed E-state index contributed by atoms with van der Waals surface area (Å²) in [6.07, 6.45) is 4.15. The minimum Gasteiger partial charge on any atom is -0.496 e. The summed E-state index contributed by atoms with van der Waals surface area (Å²) >= 11 is 1.74. The van der Waals surface area contributed by atoms with Gasteiger partial charge in [-0.2, -0.15) is 0 Å². The van der Waals surface area contributed by atoms with Gasteiger partial charge in [-0.3, -0.25) is 4.40 Å². The summed E-state index contributed by atoms with van der Waals surface area (Å²) in [6, 6.07) is 17.0. The van der Waals surface area contributed by atoms with Crippen LogP contribution in [0.25, 0.3) is 28.3 Å². The van der Waals surface area contributed by atoms with Crippen LogP contribution in [0.2, 0.25) is 0 Å². The molecule has 0 aliphatic rings. The van der Waals surface area contributed by atoms with Gasteiger partial charge in [0.2, 0.25) is 5.78 Å². The summed E-state index contributed by atoms with van der Waals surface area (Å²) in [5, 5.41) is 0. The number of rotatable bonds is 4. The minimum atomic E-state index is -0.0461. The second kappa shape index (κ2) is 7.80. The van der Waals surface area contributed by atoms with E-state index in [0.29, 0.717) is 5.78 Å². The summed E-state index contributed by atoms with van der Waals surface area (Å²) in [5.41, 5.74) is 6.23. The lowest BCUT2D eigenvalue weighted by Crippen LogP contribution is -2.13. The molecule has 0 bridgehead atoms. The largest absolute Gasteiger partial charge is 0.496 e. The molecular weight excluding hydrogens is 390 g/mol. The van der Waals surface area contributed by atoms with Gasteiger partial charge in [0.05, 0.1) is 18.5 Å². The number of methoxy groups -OCH3 is 1. The maximum atomic E-state index is 5.64. The van der Waals surface area contributed by atoms with Crippen LogP contribution >= 0.6 is 11.8 Å². The Morgan fingerprint density at radius 2 is 1.63 bits per heavy atom. The summed E-state index contributed by atoms with van der Waals surface area (Å²) < 4.78 is 7.72. The minimum absolute atomic E-state index is 0.0461. The zero-order chi connectivity index (χ0) is 21.5. The predicted octanol–water partition coefficient (Wildman–Crippen LogP) is 6.40. The number of benzene rings is 2. The molecule has 0 amide bonds. The molecule has 2 aromatic heterocycles. The van der Waals surface area contributed by atoms with Gasteiger partial charge in [0, 0.05) is 33.5 Å². The van der Waals surface area contributed by atoms with Gasteiger partial charge < -0.3 is 4.74 Å². The Hall–Kier alpha value is -2.79. The van der Waals surface area contributed by atoms with E-state index in [4.69, 9.17) is 9.72 Å². The molecule has 4 nitrogen and oxygen atoms in total. The number of fused-ring (bicyclic) bond motifs is 1. The average molecular weight is 418 g/mol. The van der Waals surface area contributed by atoms with Gasteiger partial charge in [0.1, 0.15) is 5.75 Å². The fourth-order valence-corrected chi connectivity index (χ4v) is 4.09. The van der Waals surface area contributed by atoms with Crippen molar-refractivity contribution in [3.05, 3.63) is 66.0 Å². The van der Waals surface area contributed by atoms with Crippen molar-refractivity contribution in [3.8, 4) is 28.3 Å². The number of thioether (sulfide) groups is 1. The van der Waals surface area contributed by atoms with Gasteiger partial charge in [-0.25, -0.2) is 9.97 Å². The van der Waals surface area contributed by atoms with Crippen LogP contribution in [0.3, 0.4) is 0 Å². The number of ether oxygens (including phenoxy) is 1. The molecule has 2 aromatic carbocycles. The van der Waals surface area contributed by atoms with Crippen LogP contribution in [0.1, 0.15) is 32.0 Å². The van der Waals surface area contributed by atoms with Crippen LogP contribution in [0.4, 0.5) is 0 Å². The second-order valence-corrected chi connectivity index (χ2v) is 9.32. The molecular formula is C25H27N3OS. The smallest absolute Gasteiger partial charge is 0.235 e. The number of hydrogen-bond donors (Lipinski definition) is 0. The van der Waals surface area contributed by atoms with E-state index >= 15 is 0 Å². The first-order chi connectivity index (χ1) is 14.3. The van der Waals surface area contributed by atoms with E-state index in [2.05, 4.69) is 79.0 Å². The van der Waals surface area contributed by atoms with Crippen molar-refractivity contribution in [1.82, 2.24) is 14.4 Å². The zero-order valence-electron chi connectivity index (χ0n) is 18.4. The van der Waals surface area contributed by atoms with Gasteiger partial charge in [0.15, 0.2) is 0 Å². The van der Waals surface area contributed by atoms with Crippen LogP contribution in [-0.2, 0) is 5.41 Å². The highest BCUT2D eigenvalue weighted by Gasteiger charge is 2.22. The molecule has 0 fully saturated rings. The fourth-order valence-electron chi connectivity index (χ4n) is 3.69. The maximum Gasteiger partial charge on any atom is 0.235 e. The Labute approximate surface area is 182 Å². The van der Waals surface area contributed by atoms with Crippen molar-refractivity contribution in [1.29, 1.82) is 0 Å². The quantitative estimate of drug-likeness (QED) is 0.360. The summed E-state index contributed by atoms with van der Waals surface area (Å²) in [4.78, 5) is 10.9. The van der Waals surface area contributed by atoms with Crippen molar-refractivity contribution < 1.29 is 4.74 Å². The van der Waals surface area contributed by atoms with Gasteiger partial charge >= 0.3 is 0 Å². The average Bonchev–Trinajstić information content (AvgIpc) is 3.11. The van der Waals surface area contributed by atoms with Crippen LogP contribution < -0.4 is 4.74 Å². The molecule has 154 valence electrons. The molecule has 0 atom stereocenters. The second-order valence-electron chi connectivity index (χ2n) is 8.44. The Morgan fingerprint density at radius 1 is 0.933 bits per heavy atom. The Kier molecular flexibility index (Phi) is 5.33. The monoisotopic (exact) mass is 417 g/mol. The molecule has 30 heavy (non-hydrogen) atoms. The van der Waals surface area contributed by atoms with E-state index in [9.17, 15) is 0 Å². The third-order valence-electron chi connectivity index (χ3n) is 5.28. The highest BCUT2D eigenvalue weighted by molar-refractivity contribution is 7.98. The molecule has 5 heteroatoms. The number of imidazole rings is 1.